The molecule has 0 aliphatic heterocycles. The number of aromatic nitrogens is 2. The lowest BCUT2D eigenvalue weighted by molar-refractivity contribution is 0.562. The van der Waals surface area contributed by atoms with Crippen LogP contribution < -0.4 is 0 Å². The van der Waals surface area contributed by atoms with Gasteiger partial charge in [0.15, 0.2) is 0 Å². The first-order chi connectivity index (χ1) is 6.00. The maximum absolute atomic E-state index is 11.4. The van der Waals surface area contributed by atoms with Crippen LogP contribution in [0.4, 0.5) is 0 Å². The zero-order valence-electron chi connectivity index (χ0n) is 7.94. The fourth-order valence-electron chi connectivity index (χ4n) is 0.604. The minimum Gasteiger partial charge on any atom is -0.591 e. The third kappa shape index (κ3) is 3.20. The Morgan fingerprint density at radius 1 is 1.62 bits per heavy atom. The molecule has 1 aromatic heterocycles. The van der Waals surface area contributed by atoms with Crippen LogP contribution in [0.25, 0.3) is 0 Å². The molecule has 1 rings (SSSR count). The maximum atomic E-state index is 11.4. The molecule has 72 valence electrons. The molecule has 0 spiro atoms. The zero-order chi connectivity index (χ0) is 9.90. The van der Waals surface area contributed by atoms with Crippen molar-refractivity contribution in [2.24, 2.45) is 4.40 Å². The van der Waals surface area contributed by atoms with Gasteiger partial charge in [-0.15, -0.1) is 0 Å². The molecule has 0 amide bonds. The van der Waals surface area contributed by atoms with Gasteiger partial charge < -0.3 is 4.55 Å². The number of nitrogens with zero attached hydrogens (tertiary/aromatic N) is 2. The topological polar surface area (TPSA) is 64.1 Å². The summed E-state index contributed by atoms with van der Waals surface area (Å²) in [5, 5.41) is 6.51. The number of hydrogen-bond acceptors (Lipinski definition) is 3. The Kier molecular flexibility index (Phi) is 3.11. The highest BCUT2D eigenvalue weighted by atomic mass is 32.2. The van der Waals surface area contributed by atoms with Gasteiger partial charge in [0, 0.05) is 6.20 Å². The van der Waals surface area contributed by atoms with Crippen LogP contribution in [0.15, 0.2) is 16.7 Å². The number of rotatable bonds is 2. The van der Waals surface area contributed by atoms with Crippen LogP contribution in [-0.2, 0) is 11.4 Å². The summed E-state index contributed by atoms with van der Waals surface area (Å²) in [5.41, 5.74) is 0.692. The predicted octanol–water partition coefficient (Wildman–Crippen LogP) is 1.29. The van der Waals surface area contributed by atoms with Crippen molar-refractivity contribution in [1.29, 1.82) is 0 Å². The first kappa shape index (κ1) is 10.3. The fraction of sp³-hybridized carbons (Fsp3) is 0.500. The third-order valence-electron chi connectivity index (χ3n) is 1.33. The fourth-order valence-corrected chi connectivity index (χ4v) is 1.12. The second-order valence-electron chi connectivity index (χ2n) is 3.60. The van der Waals surface area contributed by atoms with Gasteiger partial charge in [-0.25, -0.2) is 0 Å². The molecule has 4 nitrogen and oxygen atoms in total. The van der Waals surface area contributed by atoms with Crippen molar-refractivity contribution in [2.75, 3.05) is 0 Å². The summed E-state index contributed by atoms with van der Waals surface area (Å²) in [6.45, 7) is 5.64. The van der Waals surface area contributed by atoms with E-state index in [1.165, 1.54) is 6.21 Å². The summed E-state index contributed by atoms with van der Waals surface area (Å²) < 4.78 is 15.0. The first-order valence-corrected chi connectivity index (χ1v) is 5.06. The number of aromatic amines is 1. The molecule has 1 aromatic rings. The molecule has 0 radical (unpaired) electrons. The van der Waals surface area contributed by atoms with Gasteiger partial charge in [0.05, 0.1) is 0 Å². The second kappa shape index (κ2) is 3.93. The molecule has 0 aliphatic carbocycles. The van der Waals surface area contributed by atoms with Gasteiger partial charge in [-0.1, -0.05) is 4.40 Å². The Morgan fingerprint density at radius 2 is 2.31 bits per heavy atom. The van der Waals surface area contributed by atoms with Crippen LogP contribution in [0.3, 0.4) is 0 Å². The number of H-pyrrole nitrogens is 1. The number of hydrogen-bond donors (Lipinski definition) is 1. The molecule has 5 heteroatoms. The van der Waals surface area contributed by atoms with Gasteiger partial charge in [-0.05, 0) is 26.8 Å². The van der Waals surface area contributed by atoms with Crippen molar-refractivity contribution in [3.63, 3.8) is 0 Å². The van der Waals surface area contributed by atoms with E-state index in [0.717, 1.165) is 0 Å². The van der Waals surface area contributed by atoms with E-state index in [0.29, 0.717) is 5.69 Å². The summed E-state index contributed by atoms with van der Waals surface area (Å²) in [4.78, 5) is 0. The summed E-state index contributed by atoms with van der Waals surface area (Å²) in [5.74, 6) is 0. The lowest BCUT2D eigenvalue weighted by Crippen LogP contribution is -2.25. The molecular formula is C8H13N3OS. The van der Waals surface area contributed by atoms with Crippen LogP contribution in [0.5, 0.6) is 0 Å². The van der Waals surface area contributed by atoms with Crippen LogP contribution in [0.2, 0.25) is 0 Å². The summed E-state index contributed by atoms with van der Waals surface area (Å²) in [6, 6.07) is 1.77. The molecule has 0 fully saturated rings. The lowest BCUT2D eigenvalue weighted by atomic mass is 10.3. The molecule has 1 N–H and O–H groups in total. The quantitative estimate of drug-likeness (QED) is 0.576. The van der Waals surface area contributed by atoms with E-state index in [-0.39, 0.29) is 4.75 Å². The van der Waals surface area contributed by atoms with Gasteiger partial charge in [-0.3, -0.25) is 5.10 Å². The van der Waals surface area contributed by atoms with Crippen molar-refractivity contribution in [2.45, 2.75) is 25.5 Å². The van der Waals surface area contributed by atoms with Crippen molar-refractivity contribution in [3.05, 3.63) is 18.0 Å². The van der Waals surface area contributed by atoms with E-state index in [9.17, 15) is 4.55 Å². The lowest BCUT2D eigenvalue weighted by Gasteiger charge is -2.17. The summed E-state index contributed by atoms with van der Waals surface area (Å²) >= 11 is -1.21. The molecule has 0 bridgehead atoms. The smallest absolute Gasteiger partial charge is 0.144 e. The molecular weight excluding hydrogens is 186 g/mol. The van der Waals surface area contributed by atoms with E-state index in [2.05, 4.69) is 14.6 Å². The van der Waals surface area contributed by atoms with E-state index >= 15 is 0 Å². The minimum absolute atomic E-state index is 0.313. The molecule has 0 saturated heterocycles. The highest BCUT2D eigenvalue weighted by Crippen LogP contribution is 2.16. The van der Waals surface area contributed by atoms with E-state index in [1.807, 2.05) is 20.8 Å². The second-order valence-corrected chi connectivity index (χ2v) is 5.53. The van der Waals surface area contributed by atoms with E-state index in [4.69, 9.17) is 0 Å². The molecule has 0 aromatic carbocycles. The predicted molar refractivity (Wildman–Crippen MR) is 54.1 cm³/mol. The Bertz CT molecular complexity index is 276. The third-order valence-corrected chi connectivity index (χ3v) is 2.67. The van der Waals surface area contributed by atoms with Gasteiger partial charge in [0.1, 0.15) is 28.0 Å². The van der Waals surface area contributed by atoms with E-state index < -0.39 is 11.4 Å². The molecule has 0 aliphatic rings. The molecule has 0 saturated carbocycles. The SMILES string of the molecule is CC(C)(C)[S@+]([O-])/N=C/c1cc[nH]n1. The minimum atomic E-state index is -1.21. The average Bonchev–Trinajstić information content (AvgIpc) is 2.50. The summed E-state index contributed by atoms with van der Waals surface area (Å²) in [6.07, 6.45) is 3.21. The highest BCUT2D eigenvalue weighted by Gasteiger charge is 2.25. The van der Waals surface area contributed by atoms with Gasteiger partial charge >= 0.3 is 0 Å². The normalized spacial score (nSPS) is 15.1. The van der Waals surface area contributed by atoms with Gasteiger partial charge in [0.25, 0.3) is 0 Å². The number of nitrogens with one attached hydrogen (secondary N) is 1. The standard InChI is InChI=1S/C8H13N3OS/c1-8(2,3)13(12)10-6-7-4-5-9-11-7/h4-6H,1-3H3,(H,9,11)/b10-6+/t13-/m0/s1. The van der Waals surface area contributed by atoms with Crippen molar-refractivity contribution >= 4 is 17.6 Å². The van der Waals surface area contributed by atoms with Crippen LogP contribution in [-0.4, -0.2) is 25.7 Å². The Balaban J connectivity index is 2.59. The Morgan fingerprint density at radius 3 is 2.77 bits per heavy atom. The van der Waals surface area contributed by atoms with Crippen LogP contribution >= 0.6 is 0 Å². The van der Waals surface area contributed by atoms with Crippen molar-refractivity contribution < 1.29 is 4.55 Å². The Hall–Kier alpha value is -0.810. The van der Waals surface area contributed by atoms with Crippen LogP contribution in [0, 0.1) is 0 Å². The van der Waals surface area contributed by atoms with Gasteiger partial charge in [-0.2, -0.15) is 5.10 Å². The Labute approximate surface area is 80.8 Å². The highest BCUT2D eigenvalue weighted by molar-refractivity contribution is 7.91. The molecule has 13 heavy (non-hydrogen) atoms. The van der Waals surface area contributed by atoms with Crippen molar-refractivity contribution in [3.8, 4) is 0 Å². The molecule has 0 unspecified atom stereocenters. The molecule has 1 atom stereocenters. The average molecular weight is 199 g/mol. The van der Waals surface area contributed by atoms with Crippen LogP contribution in [0.1, 0.15) is 26.5 Å². The molecule has 1 heterocycles. The van der Waals surface area contributed by atoms with Gasteiger partial charge in [0.2, 0.25) is 0 Å². The van der Waals surface area contributed by atoms with Crippen molar-refractivity contribution in [1.82, 2.24) is 10.2 Å². The largest absolute Gasteiger partial charge is 0.591 e. The first-order valence-electron chi connectivity index (χ1n) is 3.96. The maximum Gasteiger partial charge on any atom is 0.144 e. The summed E-state index contributed by atoms with van der Waals surface area (Å²) in [7, 11) is 0. The van der Waals surface area contributed by atoms with E-state index in [1.54, 1.807) is 12.3 Å². The zero-order valence-corrected chi connectivity index (χ0v) is 8.76. The monoisotopic (exact) mass is 199 g/mol.